The number of nitrogens with one attached hydrogen (secondary N) is 4. The SMILES string of the molecule is Cc1cc(Nc2cnc(NC(=O)N[C@H](CCO)c3ccccc3)cc2C=N)ccn1. The molecule has 2 aromatic heterocycles. The average Bonchev–Trinajstić information content (AvgIpc) is 2.75. The fourth-order valence-electron chi connectivity index (χ4n) is 2.99. The van der Waals surface area contributed by atoms with E-state index in [0.717, 1.165) is 16.9 Å². The van der Waals surface area contributed by atoms with Crippen LogP contribution in [0.3, 0.4) is 0 Å². The summed E-state index contributed by atoms with van der Waals surface area (Å²) in [4.78, 5) is 20.9. The number of carbonyl (C=O) groups excluding carboxylic acids is 1. The summed E-state index contributed by atoms with van der Waals surface area (Å²) in [7, 11) is 0. The number of hydrogen-bond acceptors (Lipinski definition) is 6. The Morgan fingerprint density at radius 2 is 2.00 bits per heavy atom. The quantitative estimate of drug-likeness (QED) is 0.366. The number of aromatic nitrogens is 2. The van der Waals surface area contributed by atoms with Gasteiger partial charge in [-0.05, 0) is 37.1 Å². The van der Waals surface area contributed by atoms with E-state index in [0.29, 0.717) is 23.5 Å². The lowest BCUT2D eigenvalue weighted by atomic mass is 10.0. The highest BCUT2D eigenvalue weighted by Gasteiger charge is 2.15. The van der Waals surface area contributed by atoms with Gasteiger partial charge in [-0.3, -0.25) is 10.3 Å². The highest BCUT2D eigenvalue weighted by Crippen LogP contribution is 2.22. The van der Waals surface area contributed by atoms with Gasteiger partial charge in [0.25, 0.3) is 0 Å². The molecule has 1 aromatic carbocycles. The number of urea groups is 1. The van der Waals surface area contributed by atoms with Crippen LogP contribution in [0, 0.1) is 12.3 Å². The smallest absolute Gasteiger partial charge is 0.320 e. The van der Waals surface area contributed by atoms with Gasteiger partial charge in [-0.25, -0.2) is 9.78 Å². The molecule has 3 aromatic rings. The molecule has 0 spiro atoms. The lowest BCUT2D eigenvalue weighted by Gasteiger charge is -2.19. The van der Waals surface area contributed by atoms with Gasteiger partial charge < -0.3 is 21.1 Å². The van der Waals surface area contributed by atoms with E-state index in [-0.39, 0.29) is 12.6 Å². The van der Waals surface area contributed by atoms with Crippen molar-refractivity contribution in [1.82, 2.24) is 15.3 Å². The first-order valence-electron chi connectivity index (χ1n) is 9.52. The number of anilines is 3. The second-order valence-corrected chi connectivity index (χ2v) is 6.69. The lowest BCUT2D eigenvalue weighted by molar-refractivity contribution is 0.239. The monoisotopic (exact) mass is 404 g/mol. The van der Waals surface area contributed by atoms with Crippen molar-refractivity contribution in [1.29, 1.82) is 5.41 Å². The van der Waals surface area contributed by atoms with E-state index in [1.807, 2.05) is 49.4 Å². The number of pyridine rings is 2. The predicted molar refractivity (Wildman–Crippen MR) is 117 cm³/mol. The molecule has 0 radical (unpaired) electrons. The number of nitrogens with zero attached hydrogens (tertiary/aromatic N) is 2. The third-order valence-corrected chi connectivity index (χ3v) is 4.43. The minimum Gasteiger partial charge on any atom is -0.396 e. The molecule has 0 aliphatic heterocycles. The first-order chi connectivity index (χ1) is 14.6. The molecule has 30 heavy (non-hydrogen) atoms. The molecule has 0 unspecified atom stereocenters. The van der Waals surface area contributed by atoms with Crippen molar-refractivity contribution in [3.63, 3.8) is 0 Å². The Morgan fingerprint density at radius 3 is 2.70 bits per heavy atom. The summed E-state index contributed by atoms with van der Waals surface area (Å²) >= 11 is 0. The van der Waals surface area contributed by atoms with Crippen LogP contribution in [0.25, 0.3) is 0 Å². The topological polar surface area (TPSA) is 123 Å². The standard InChI is InChI=1S/C22H24N6O2/c1-15-11-18(7-9-24-15)26-20-14-25-21(12-17(20)13-23)28-22(30)27-19(8-10-29)16-5-3-2-4-6-16/h2-7,9,11-14,19,23,29H,8,10H2,1H3,(H,24,26)(H2,25,27,28,30)/t19-/m1/s1. The summed E-state index contributed by atoms with van der Waals surface area (Å²) < 4.78 is 0. The van der Waals surface area contributed by atoms with Gasteiger partial charge in [0.05, 0.1) is 17.9 Å². The van der Waals surface area contributed by atoms with Crippen LogP contribution in [-0.2, 0) is 0 Å². The van der Waals surface area contributed by atoms with Crippen molar-refractivity contribution >= 4 is 29.4 Å². The number of carbonyl (C=O) groups is 1. The van der Waals surface area contributed by atoms with Crippen molar-refractivity contribution in [3.8, 4) is 0 Å². The molecule has 2 heterocycles. The van der Waals surface area contributed by atoms with Crippen molar-refractivity contribution < 1.29 is 9.90 Å². The van der Waals surface area contributed by atoms with Gasteiger partial charge in [-0.2, -0.15) is 0 Å². The molecule has 0 saturated carbocycles. The minimum atomic E-state index is -0.439. The molecule has 8 nitrogen and oxygen atoms in total. The third kappa shape index (κ3) is 5.62. The number of hydrogen-bond donors (Lipinski definition) is 5. The first kappa shape index (κ1) is 20.9. The van der Waals surface area contributed by atoms with E-state index >= 15 is 0 Å². The van der Waals surface area contributed by atoms with E-state index in [9.17, 15) is 9.90 Å². The van der Waals surface area contributed by atoms with E-state index in [2.05, 4.69) is 25.9 Å². The Balaban J connectivity index is 1.70. The van der Waals surface area contributed by atoms with Crippen molar-refractivity contribution in [3.05, 3.63) is 77.7 Å². The van der Waals surface area contributed by atoms with Crippen molar-refractivity contribution in [2.75, 3.05) is 17.2 Å². The number of amides is 2. The summed E-state index contributed by atoms with van der Waals surface area (Å²) in [5.74, 6) is 0.318. The zero-order valence-electron chi connectivity index (χ0n) is 16.6. The second kappa shape index (κ2) is 10.1. The van der Waals surface area contributed by atoms with Crippen LogP contribution >= 0.6 is 0 Å². The maximum absolute atomic E-state index is 12.5. The summed E-state index contributed by atoms with van der Waals surface area (Å²) in [6, 6.07) is 14.0. The molecule has 0 aliphatic carbocycles. The Morgan fingerprint density at radius 1 is 1.20 bits per heavy atom. The maximum Gasteiger partial charge on any atom is 0.320 e. The molecule has 2 amide bonds. The number of aliphatic hydroxyl groups is 1. The zero-order valence-corrected chi connectivity index (χ0v) is 16.6. The van der Waals surface area contributed by atoms with Gasteiger partial charge in [-0.1, -0.05) is 30.3 Å². The van der Waals surface area contributed by atoms with Crippen LogP contribution in [-0.4, -0.2) is 33.9 Å². The Bertz CT molecular complexity index is 1010. The average molecular weight is 404 g/mol. The summed E-state index contributed by atoms with van der Waals surface area (Å²) in [5, 5.41) is 25.8. The molecule has 1 atom stereocenters. The fraction of sp³-hybridized carbons (Fsp3) is 0.182. The normalized spacial score (nSPS) is 11.4. The summed E-state index contributed by atoms with van der Waals surface area (Å²) in [5.41, 5.74) is 3.83. The van der Waals surface area contributed by atoms with Gasteiger partial charge in [-0.15, -0.1) is 0 Å². The Hall–Kier alpha value is -3.78. The molecule has 5 N–H and O–H groups in total. The first-order valence-corrected chi connectivity index (χ1v) is 9.52. The largest absolute Gasteiger partial charge is 0.396 e. The van der Waals surface area contributed by atoms with Crippen LogP contribution in [0.15, 0.2) is 60.9 Å². The molecule has 3 rings (SSSR count). The van der Waals surface area contributed by atoms with Gasteiger partial charge in [0.15, 0.2) is 0 Å². The summed E-state index contributed by atoms with van der Waals surface area (Å²) in [6.45, 7) is 1.84. The highest BCUT2D eigenvalue weighted by molar-refractivity contribution is 5.92. The number of aryl methyl sites for hydroxylation is 1. The maximum atomic E-state index is 12.5. The molecule has 0 bridgehead atoms. The second-order valence-electron chi connectivity index (χ2n) is 6.69. The molecule has 154 valence electrons. The van der Waals surface area contributed by atoms with E-state index in [1.165, 1.54) is 6.21 Å². The number of aliphatic hydroxyl groups excluding tert-OH is 1. The van der Waals surface area contributed by atoms with E-state index in [1.54, 1.807) is 18.5 Å². The van der Waals surface area contributed by atoms with Crippen LogP contribution < -0.4 is 16.0 Å². The zero-order chi connectivity index (χ0) is 21.3. The number of rotatable bonds is 8. The molecule has 0 fully saturated rings. The van der Waals surface area contributed by atoms with Crippen LogP contribution in [0.2, 0.25) is 0 Å². The van der Waals surface area contributed by atoms with Gasteiger partial charge in [0, 0.05) is 36.0 Å². The van der Waals surface area contributed by atoms with Crippen LogP contribution in [0.5, 0.6) is 0 Å². The van der Waals surface area contributed by atoms with Crippen molar-refractivity contribution in [2.45, 2.75) is 19.4 Å². The predicted octanol–water partition coefficient (Wildman–Crippen LogP) is 3.77. The van der Waals surface area contributed by atoms with Crippen LogP contribution in [0.1, 0.15) is 29.3 Å². The molecule has 8 heteroatoms. The fourth-order valence-corrected chi connectivity index (χ4v) is 2.99. The Kier molecular flexibility index (Phi) is 7.07. The minimum absolute atomic E-state index is 0.0507. The Labute approximate surface area is 174 Å². The van der Waals surface area contributed by atoms with Gasteiger partial charge >= 0.3 is 6.03 Å². The molecular weight excluding hydrogens is 380 g/mol. The molecule has 0 saturated heterocycles. The van der Waals surface area contributed by atoms with E-state index < -0.39 is 6.03 Å². The van der Waals surface area contributed by atoms with Crippen molar-refractivity contribution in [2.24, 2.45) is 0 Å². The van der Waals surface area contributed by atoms with Gasteiger partial charge in [0.2, 0.25) is 0 Å². The highest BCUT2D eigenvalue weighted by atomic mass is 16.3. The lowest BCUT2D eigenvalue weighted by Crippen LogP contribution is -2.33. The number of benzene rings is 1. The molecular formula is C22H24N6O2. The summed E-state index contributed by atoms with van der Waals surface area (Å²) in [6.07, 6.45) is 4.85. The van der Waals surface area contributed by atoms with Crippen LogP contribution in [0.4, 0.5) is 22.0 Å². The third-order valence-electron chi connectivity index (χ3n) is 4.43. The van der Waals surface area contributed by atoms with Gasteiger partial charge in [0.1, 0.15) is 5.82 Å². The van der Waals surface area contributed by atoms with E-state index in [4.69, 9.17) is 5.41 Å². The molecule has 0 aliphatic rings.